The maximum Gasteiger partial charge on any atom is 0.144 e. The number of benzene rings is 1. The summed E-state index contributed by atoms with van der Waals surface area (Å²) in [5.41, 5.74) is 3.13. The van der Waals surface area contributed by atoms with Gasteiger partial charge in [0.15, 0.2) is 0 Å². The Balaban J connectivity index is 1.96. The molecule has 2 rings (SSSR count). The van der Waals surface area contributed by atoms with Crippen molar-refractivity contribution in [3.63, 3.8) is 0 Å². The van der Waals surface area contributed by atoms with Gasteiger partial charge in [-0.25, -0.2) is 0 Å². The zero-order chi connectivity index (χ0) is 20.4. The van der Waals surface area contributed by atoms with Gasteiger partial charge in [0.1, 0.15) is 12.7 Å². The Labute approximate surface area is 179 Å². The lowest BCUT2D eigenvalue weighted by Crippen LogP contribution is -2.35. The lowest BCUT2D eigenvalue weighted by molar-refractivity contribution is 0.0188. The van der Waals surface area contributed by atoms with Gasteiger partial charge in [-0.1, -0.05) is 48.3 Å². The van der Waals surface area contributed by atoms with Crippen molar-refractivity contribution in [2.75, 3.05) is 26.2 Å². The van der Waals surface area contributed by atoms with Crippen LogP contribution in [0.1, 0.15) is 57.9 Å². The molecule has 1 aliphatic carbocycles. The predicted molar refractivity (Wildman–Crippen MR) is 119 cm³/mol. The van der Waals surface area contributed by atoms with E-state index in [0.717, 1.165) is 68.5 Å². The second-order valence-corrected chi connectivity index (χ2v) is 8.15. The number of hydrogen-bond donors (Lipinski definition) is 1. The van der Waals surface area contributed by atoms with E-state index in [9.17, 15) is 5.11 Å². The van der Waals surface area contributed by atoms with Crippen LogP contribution in [0.2, 0.25) is 10.0 Å². The molecular weight excluding hydrogens is 395 g/mol. The second-order valence-electron chi connectivity index (χ2n) is 7.34. The largest absolute Gasteiger partial charge is 0.393 e. The molecule has 1 aromatic carbocycles. The molecule has 0 spiro atoms. The lowest BCUT2D eigenvalue weighted by Gasteiger charge is -2.23. The summed E-state index contributed by atoms with van der Waals surface area (Å²) in [6, 6.07) is 5.62. The van der Waals surface area contributed by atoms with Crippen molar-refractivity contribution < 1.29 is 9.94 Å². The molecule has 0 unspecified atom stereocenters. The summed E-state index contributed by atoms with van der Waals surface area (Å²) in [6.45, 7) is 7.14. The minimum atomic E-state index is -0.534. The first-order chi connectivity index (χ1) is 13.5. The third kappa shape index (κ3) is 7.75. The quantitative estimate of drug-likeness (QED) is 0.480. The highest BCUT2D eigenvalue weighted by atomic mass is 35.5. The van der Waals surface area contributed by atoms with Gasteiger partial charge in [-0.15, -0.1) is 0 Å². The molecule has 6 heteroatoms. The highest BCUT2D eigenvalue weighted by Gasteiger charge is 2.16. The van der Waals surface area contributed by atoms with Gasteiger partial charge in [0, 0.05) is 6.54 Å². The molecule has 0 amide bonds. The molecule has 1 aromatic rings. The molecule has 1 saturated carbocycles. The molecule has 1 atom stereocenters. The average Bonchev–Trinajstić information content (AvgIpc) is 2.66. The van der Waals surface area contributed by atoms with Crippen molar-refractivity contribution in [1.82, 2.24) is 4.90 Å². The minimum Gasteiger partial charge on any atom is -0.393 e. The summed E-state index contributed by atoms with van der Waals surface area (Å²) in [7, 11) is 0. The number of halogens is 2. The molecule has 1 N–H and O–H groups in total. The van der Waals surface area contributed by atoms with Crippen molar-refractivity contribution in [2.24, 2.45) is 5.16 Å². The molecule has 4 nitrogen and oxygen atoms in total. The van der Waals surface area contributed by atoms with Crippen molar-refractivity contribution in [2.45, 2.75) is 58.5 Å². The van der Waals surface area contributed by atoms with Gasteiger partial charge in [-0.2, -0.15) is 0 Å². The Morgan fingerprint density at radius 1 is 1.14 bits per heavy atom. The molecule has 0 bridgehead atoms. The van der Waals surface area contributed by atoms with Crippen molar-refractivity contribution in [1.29, 1.82) is 0 Å². The fraction of sp³-hybridized carbons (Fsp3) is 0.591. The summed E-state index contributed by atoms with van der Waals surface area (Å²) >= 11 is 12.1. The third-order valence-corrected chi connectivity index (χ3v) is 5.49. The standard InChI is InChI=1S/C22H32Cl2N2O2/c1-3-11-26(12-4-2)15-19(27)16-28-25-22-8-6-5-7-18(22)13-17-9-10-20(23)21(24)14-17/h9-10,13-14,19,27H,3-8,11-12,15-16H2,1-2H3/b18-13+,25-22+/t19-/m1/s1. The fourth-order valence-corrected chi connectivity index (χ4v) is 3.76. The van der Waals surface area contributed by atoms with E-state index in [1.807, 2.05) is 12.1 Å². The van der Waals surface area contributed by atoms with Crippen LogP contribution in [-0.4, -0.2) is 48.1 Å². The molecular formula is C22H32Cl2N2O2. The Kier molecular flexibility index (Phi) is 10.3. The normalized spacial score (nSPS) is 18.8. The van der Waals surface area contributed by atoms with E-state index in [1.165, 1.54) is 0 Å². The van der Waals surface area contributed by atoms with Gasteiger partial charge in [-0.3, -0.25) is 0 Å². The van der Waals surface area contributed by atoms with Crippen LogP contribution >= 0.6 is 23.2 Å². The third-order valence-electron chi connectivity index (χ3n) is 4.76. The zero-order valence-electron chi connectivity index (χ0n) is 17.0. The van der Waals surface area contributed by atoms with Crippen LogP contribution in [0.3, 0.4) is 0 Å². The molecule has 0 aliphatic heterocycles. The maximum atomic E-state index is 10.3. The Bertz CT molecular complexity index is 671. The topological polar surface area (TPSA) is 45.1 Å². The van der Waals surface area contributed by atoms with Crippen LogP contribution in [0.4, 0.5) is 0 Å². The fourth-order valence-electron chi connectivity index (χ4n) is 3.45. The Morgan fingerprint density at radius 3 is 2.54 bits per heavy atom. The molecule has 156 valence electrons. The van der Waals surface area contributed by atoms with Gasteiger partial charge in [-0.05, 0) is 81.0 Å². The number of aliphatic hydroxyl groups excluding tert-OH is 1. The molecule has 0 radical (unpaired) electrons. The van der Waals surface area contributed by atoms with E-state index in [2.05, 4.69) is 30.0 Å². The second kappa shape index (κ2) is 12.5. The van der Waals surface area contributed by atoms with Crippen LogP contribution in [-0.2, 0) is 4.84 Å². The van der Waals surface area contributed by atoms with Crippen LogP contribution in [0.5, 0.6) is 0 Å². The van der Waals surface area contributed by atoms with E-state index < -0.39 is 6.10 Å². The summed E-state index contributed by atoms with van der Waals surface area (Å²) in [4.78, 5) is 7.80. The van der Waals surface area contributed by atoms with E-state index in [0.29, 0.717) is 16.6 Å². The lowest BCUT2D eigenvalue weighted by atomic mass is 9.91. The smallest absolute Gasteiger partial charge is 0.144 e. The van der Waals surface area contributed by atoms with Crippen LogP contribution in [0.15, 0.2) is 28.9 Å². The zero-order valence-corrected chi connectivity index (χ0v) is 18.5. The van der Waals surface area contributed by atoms with Crippen LogP contribution in [0.25, 0.3) is 6.08 Å². The molecule has 0 saturated heterocycles. The van der Waals surface area contributed by atoms with Gasteiger partial charge >= 0.3 is 0 Å². The number of oxime groups is 1. The molecule has 0 heterocycles. The van der Waals surface area contributed by atoms with Crippen molar-refractivity contribution in [3.05, 3.63) is 39.4 Å². The van der Waals surface area contributed by atoms with Gasteiger partial charge < -0.3 is 14.8 Å². The predicted octanol–water partition coefficient (Wildman–Crippen LogP) is 5.81. The SMILES string of the molecule is CCCN(CCC)C[C@@H](O)CO/N=C1\CCCC\C1=C/c1ccc(Cl)c(Cl)c1. The molecule has 1 aliphatic rings. The van der Waals surface area contributed by atoms with Crippen LogP contribution in [0, 0.1) is 0 Å². The number of hydrogen-bond acceptors (Lipinski definition) is 4. The summed E-state index contributed by atoms with van der Waals surface area (Å²) in [5, 5.41) is 15.7. The van der Waals surface area contributed by atoms with Gasteiger partial charge in [0.05, 0.1) is 15.8 Å². The number of nitrogens with zero attached hydrogens (tertiary/aromatic N) is 2. The molecule has 1 fully saturated rings. The first kappa shape index (κ1) is 23.2. The number of rotatable bonds is 10. The van der Waals surface area contributed by atoms with Gasteiger partial charge in [0.2, 0.25) is 0 Å². The molecule has 0 aromatic heterocycles. The first-order valence-electron chi connectivity index (χ1n) is 10.3. The summed E-state index contributed by atoms with van der Waals surface area (Å²) in [5.74, 6) is 0. The van der Waals surface area contributed by atoms with Crippen molar-refractivity contribution in [3.8, 4) is 0 Å². The highest BCUT2D eigenvalue weighted by molar-refractivity contribution is 6.42. The number of allylic oxidation sites excluding steroid dienone is 1. The Hall–Kier alpha value is -1.07. The van der Waals surface area contributed by atoms with Crippen molar-refractivity contribution >= 4 is 35.0 Å². The highest BCUT2D eigenvalue weighted by Crippen LogP contribution is 2.27. The van der Waals surface area contributed by atoms with E-state index in [-0.39, 0.29) is 6.61 Å². The maximum absolute atomic E-state index is 10.3. The van der Waals surface area contributed by atoms with Gasteiger partial charge in [0.25, 0.3) is 0 Å². The first-order valence-corrected chi connectivity index (χ1v) is 11.0. The summed E-state index contributed by atoms with van der Waals surface area (Å²) < 4.78 is 0. The molecule has 28 heavy (non-hydrogen) atoms. The minimum absolute atomic E-state index is 0.216. The average molecular weight is 427 g/mol. The monoisotopic (exact) mass is 426 g/mol. The Morgan fingerprint density at radius 2 is 1.86 bits per heavy atom. The van der Waals surface area contributed by atoms with Crippen LogP contribution < -0.4 is 0 Å². The summed E-state index contributed by atoms with van der Waals surface area (Å²) in [6.07, 6.45) is 7.82. The van der Waals surface area contributed by atoms with E-state index >= 15 is 0 Å². The number of aliphatic hydroxyl groups is 1. The van der Waals surface area contributed by atoms with E-state index in [4.69, 9.17) is 28.0 Å². The van der Waals surface area contributed by atoms with E-state index in [1.54, 1.807) is 6.07 Å².